The van der Waals surface area contributed by atoms with Crippen LogP contribution in [0.2, 0.25) is 0 Å². The van der Waals surface area contributed by atoms with Crippen molar-refractivity contribution < 1.29 is 14.7 Å². The second kappa shape index (κ2) is 6.86. The first-order chi connectivity index (χ1) is 12.6. The number of hydrogen-bond donors (Lipinski definition) is 1. The normalized spacial score (nSPS) is 25.1. The maximum Gasteiger partial charge on any atom is 0.326 e. The first kappa shape index (κ1) is 16.7. The molecule has 3 unspecified atom stereocenters. The van der Waals surface area contributed by atoms with Crippen molar-refractivity contribution in [3.8, 4) is 5.69 Å². The molecule has 2 aromatic rings. The zero-order chi connectivity index (χ0) is 18.1. The Morgan fingerprint density at radius 1 is 1.15 bits per heavy atom. The lowest BCUT2D eigenvalue weighted by Crippen LogP contribution is -2.46. The van der Waals surface area contributed by atoms with Gasteiger partial charge in [-0.3, -0.25) is 4.79 Å². The van der Waals surface area contributed by atoms with E-state index >= 15 is 0 Å². The molecule has 8 heteroatoms. The number of tetrazole rings is 1. The largest absolute Gasteiger partial charge is 0.480 e. The zero-order valence-electron chi connectivity index (χ0n) is 14.4. The summed E-state index contributed by atoms with van der Waals surface area (Å²) in [6.07, 6.45) is 6.45. The van der Waals surface area contributed by atoms with Gasteiger partial charge in [-0.2, -0.15) is 0 Å². The summed E-state index contributed by atoms with van der Waals surface area (Å²) in [5, 5.41) is 20.6. The van der Waals surface area contributed by atoms with Gasteiger partial charge in [-0.25, -0.2) is 9.48 Å². The van der Waals surface area contributed by atoms with Gasteiger partial charge in [-0.15, -0.1) is 5.10 Å². The smallest absolute Gasteiger partial charge is 0.326 e. The Morgan fingerprint density at radius 2 is 1.92 bits per heavy atom. The maximum absolute atomic E-state index is 12.9. The van der Waals surface area contributed by atoms with Crippen LogP contribution in [-0.4, -0.2) is 54.2 Å². The molecular weight excluding hydrogens is 334 g/mol. The van der Waals surface area contributed by atoms with E-state index in [1.165, 1.54) is 6.33 Å². The molecule has 0 bridgehead atoms. The van der Waals surface area contributed by atoms with Crippen molar-refractivity contribution in [2.24, 2.45) is 5.92 Å². The van der Waals surface area contributed by atoms with E-state index in [1.807, 2.05) is 24.3 Å². The van der Waals surface area contributed by atoms with E-state index in [0.717, 1.165) is 36.9 Å². The minimum atomic E-state index is -0.887. The molecule has 1 aromatic heterocycles. The van der Waals surface area contributed by atoms with Gasteiger partial charge in [0.15, 0.2) is 0 Å². The van der Waals surface area contributed by atoms with E-state index in [4.69, 9.17) is 0 Å². The third-order valence-corrected chi connectivity index (χ3v) is 5.57. The van der Waals surface area contributed by atoms with Crippen LogP contribution in [0.4, 0.5) is 0 Å². The number of likely N-dealkylation sites (tertiary alicyclic amines) is 1. The Hall–Kier alpha value is -2.77. The lowest BCUT2D eigenvalue weighted by molar-refractivity contribution is -0.149. The average molecular weight is 355 g/mol. The minimum Gasteiger partial charge on any atom is -0.480 e. The van der Waals surface area contributed by atoms with Crippen LogP contribution in [0, 0.1) is 5.92 Å². The van der Waals surface area contributed by atoms with Crippen LogP contribution < -0.4 is 0 Å². The topological polar surface area (TPSA) is 101 Å². The molecule has 3 atom stereocenters. The molecule has 0 radical (unpaired) electrons. The summed E-state index contributed by atoms with van der Waals surface area (Å²) in [7, 11) is 0. The number of fused-ring (bicyclic) bond motifs is 1. The molecule has 1 N–H and O–H groups in total. The zero-order valence-corrected chi connectivity index (χ0v) is 14.4. The van der Waals surface area contributed by atoms with E-state index in [2.05, 4.69) is 15.5 Å². The number of hydrogen-bond acceptors (Lipinski definition) is 5. The SMILES string of the molecule is O=C(O)C1CC2CCCCC2N1C(=O)Cc1ccc(-n2cnnn2)cc1. The Bertz CT molecular complexity index is 790. The van der Waals surface area contributed by atoms with E-state index in [0.29, 0.717) is 12.3 Å². The van der Waals surface area contributed by atoms with Crippen LogP contribution in [0.25, 0.3) is 5.69 Å². The van der Waals surface area contributed by atoms with Crippen molar-refractivity contribution in [3.05, 3.63) is 36.2 Å². The van der Waals surface area contributed by atoms with Gasteiger partial charge in [0, 0.05) is 6.04 Å². The quantitative estimate of drug-likeness (QED) is 0.891. The maximum atomic E-state index is 12.9. The summed E-state index contributed by atoms with van der Waals surface area (Å²) >= 11 is 0. The van der Waals surface area contributed by atoms with E-state index in [1.54, 1.807) is 9.58 Å². The van der Waals surface area contributed by atoms with Gasteiger partial charge in [-0.1, -0.05) is 25.0 Å². The molecule has 1 aromatic carbocycles. The van der Waals surface area contributed by atoms with Crippen molar-refractivity contribution in [2.75, 3.05) is 0 Å². The molecule has 0 spiro atoms. The van der Waals surface area contributed by atoms with Crippen molar-refractivity contribution >= 4 is 11.9 Å². The molecule has 26 heavy (non-hydrogen) atoms. The number of carboxylic acid groups (broad SMARTS) is 1. The summed E-state index contributed by atoms with van der Waals surface area (Å²) < 4.78 is 1.54. The number of rotatable bonds is 4. The number of benzene rings is 1. The second-order valence-electron chi connectivity index (χ2n) is 7.10. The van der Waals surface area contributed by atoms with Crippen LogP contribution in [-0.2, 0) is 16.0 Å². The number of aromatic nitrogens is 4. The van der Waals surface area contributed by atoms with Crippen molar-refractivity contribution in [1.82, 2.24) is 25.1 Å². The first-order valence-electron chi connectivity index (χ1n) is 9.00. The summed E-state index contributed by atoms with van der Waals surface area (Å²) in [5.41, 5.74) is 1.67. The van der Waals surface area contributed by atoms with Crippen LogP contribution in [0.15, 0.2) is 30.6 Å². The van der Waals surface area contributed by atoms with Crippen LogP contribution >= 0.6 is 0 Å². The predicted octanol–water partition coefficient (Wildman–Crippen LogP) is 1.45. The van der Waals surface area contributed by atoms with E-state index in [-0.39, 0.29) is 18.4 Å². The summed E-state index contributed by atoms with van der Waals surface area (Å²) in [4.78, 5) is 26.3. The molecule has 1 aliphatic heterocycles. The third kappa shape index (κ3) is 3.07. The van der Waals surface area contributed by atoms with Crippen molar-refractivity contribution in [2.45, 2.75) is 50.6 Å². The molecule has 1 amide bonds. The van der Waals surface area contributed by atoms with Crippen LogP contribution in [0.1, 0.15) is 37.7 Å². The number of nitrogens with zero attached hydrogens (tertiary/aromatic N) is 5. The van der Waals surface area contributed by atoms with Crippen molar-refractivity contribution in [1.29, 1.82) is 0 Å². The minimum absolute atomic E-state index is 0.0813. The Balaban J connectivity index is 1.50. The van der Waals surface area contributed by atoms with Crippen molar-refractivity contribution in [3.63, 3.8) is 0 Å². The lowest BCUT2D eigenvalue weighted by Gasteiger charge is -2.33. The molecule has 8 nitrogen and oxygen atoms in total. The van der Waals surface area contributed by atoms with E-state index in [9.17, 15) is 14.7 Å². The molecule has 2 aliphatic rings. The number of carbonyl (C=O) groups is 2. The molecule has 2 heterocycles. The number of carbonyl (C=O) groups excluding carboxylic acids is 1. The standard InChI is InChI=1S/C18H21N5O3/c24-17(9-12-5-7-14(8-6-12)22-11-19-20-21-22)23-15-4-2-1-3-13(15)10-16(23)18(25)26/h5-8,11,13,15-16H,1-4,9-10H2,(H,25,26). The summed E-state index contributed by atoms with van der Waals surface area (Å²) in [5.74, 6) is -0.653. The van der Waals surface area contributed by atoms with Crippen LogP contribution in [0.3, 0.4) is 0 Å². The molecule has 4 rings (SSSR count). The second-order valence-corrected chi connectivity index (χ2v) is 7.10. The summed E-state index contributed by atoms with van der Waals surface area (Å²) in [6, 6.07) is 6.81. The number of amides is 1. The van der Waals surface area contributed by atoms with Crippen LogP contribution in [0.5, 0.6) is 0 Å². The average Bonchev–Trinajstić information content (AvgIpc) is 3.30. The Kier molecular flexibility index (Phi) is 4.40. The Morgan fingerprint density at radius 3 is 2.62 bits per heavy atom. The molecule has 1 saturated carbocycles. The van der Waals surface area contributed by atoms with Gasteiger partial charge in [0.2, 0.25) is 5.91 Å². The fraction of sp³-hybridized carbons (Fsp3) is 0.500. The molecule has 1 aliphatic carbocycles. The highest BCUT2D eigenvalue weighted by Crippen LogP contribution is 2.40. The lowest BCUT2D eigenvalue weighted by atomic mass is 9.84. The number of carboxylic acids is 1. The van der Waals surface area contributed by atoms with E-state index < -0.39 is 12.0 Å². The molecule has 1 saturated heterocycles. The molecule has 136 valence electrons. The highest BCUT2D eigenvalue weighted by atomic mass is 16.4. The molecule has 2 fully saturated rings. The fourth-order valence-corrected chi connectivity index (χ4v) is 4.35. The third-order valence-electron chi connectivity index (χ3n) is 5.57. The predicted molar refractivity (Wildman–Crippen MR) is 91.5 cm³/mol. The van der Waals surface area contributed by atoms with Gasteiger partial charge in [-0.05, 0) is 53.3 Å². The van der Waals surface area contributed by atoms with Gasteiger partial charge < -0.3 is 10.0 Å². The van der Waals surface area contributed by atoms with Gasteiger partial charge >= 0.3 is 5.97 Å². The fourth-order valence-electron chi connectivity index (χ4n) is 4.35. The van der Waals surface area contributed by atoms with Gasteiger partial charge in [0.25, 0.3) is 0 Å². The highest BCUT2D eigenvalue weighted by Gasteiger charge is 2.47. The van der Waals surface area contributed by atoms with Gasteiger partial charge in [0.1, 0.15) is 12.4 Å². The monoisotopic (exact) mass is 355 g/mol. The Labute approximate surface area is 150 Å². The molecular formula is C18H21N5O3. The summed E-state index contributed by atoms with van der Waals surface area (Å²) in [6.45, 7) is 0. The number of aliphatic carboxylic acids is 1. The highest BCUT2D eigenvalue weighted by molar-refractivity contribution is 5.86. The van der Waals surface area contributed by atoms with Gasteiger partial charge in [0.05, 0.1) is 12.1 Å². The first-order valence-corrected chi connectivity index (χ1v) is 9.00.